The number of carbonyl (C=O) groups is 1. The topological polar surface area (TPSA) is 26.3 Å². The van der Waals surface area contributed by atoms with Crippen molar-refractivity contribution in [3.05, 3.63) is 0 Å². The Morgan fingerprint density at radius 1 is 1.45 bits per heavy atom. The average Bonchev–Trinajstić information content (AvgIpc) is 1.78. The van der Waals surface area contributed by atoms with E-state index in [-0.39, 0.29) is 5.97 Å². The van der Waals surface area contributed by atoms with E-state index in [9.17, 15) is 4.79 Å². The van der Waals surface area contributed by atoms with Gasteiger partial charge in [0.25, 0.3) is 0 Å². The van der Waals surface area contributed by atoms with Gasteiger partial charge in [-0.15, -0.1) is 11.8 Å². The van der Waals surface area contributed by atoms with E-state index in [1.807, 2.05) is 0 Å². The van der Waals surface area contributed by atoms with Gasteiger partial charge in [0.2, 0.25) is 0 Å². The van der Waals surface area contributed by atoms with Crippen LogP contribution in [0.5, 0.6) is 0 Å². The van der Waals surface area contributed by atoms with Gasteiger partial charge in [-0.2, -0.15) is 0 Å². The van der Waals surface area contributed by atoms with Gasteiger partial charge in [0, 0.05) is 12.7 Å². The monoisotopic (exact) mass is 176 g/mol. The van der Waals surface area contributed by atoms with Crippen molar-refractivity contribution < 1.29 is 9.53 Å². The third kappa shape index (κ3) is 9.82. The largest absolute Gasteiger partial charge is 0.455 e. The van der Waals surface area contributed by atoms with Gasteiger partial charge in [0.05, 0.1) is 0 Å². The standard InChI is InChI=1S/C8H16O2S/c1-7(9)10-6-11-5-8(2,3)4/h5-6H2,1-4H3. The Kier molecular flexibility index (Phi) is 4.57. The van der Waals surface area contributed by atoms with Crippen LogP contribution in [-0.4, -0.2) is 17.7 Å². The first kappa shape index (κ1) is 10.8. The van der Waals surface area contributed by atoms with Gasteiger partial charge in [-0.3, -0.25) is 4.79 Å². The van der Waals surface area contributed by atoms with Gasteiger partial charge in [-0.05, 0) is 5.41 Å². The molecule has 11 heavy (non-hydrogen) atoms. The molecule has 3 heteroatoms. The lowest BCUT2D eigenvalue weighted by molar-refractivity contribution is -0.138. The van der Waals surface area contributed by atoms with Crippen LogP contribution in [0.25, 0.3) is 0 Å². The summed E-state index contributed by atoms with van der Waals surface area (Å²) in [4.78, 5) is 10.3. The van der Waals surface area contributed by atoms with Crippen LogP contribution in [0.2, 0.25) is 0 Å². The zero-order chi connectivity index (χ0) is 8.91. The molecule has 0 aromatic carbocycles. The average molecular weight is 176 g/mol. The van der Waals surface area contributed by atoms with E-state index in [1.54, 1.807) is 11.8 Å². The van der Waals surface area contributed by atoms with Crippen molar-refractivity contribution in [2.24, 2.45) is 5.41 Å². The van der Waals surface area contributed by atoms with Crippen molar-refractivity contribution in [3.63, 3.8) is 0 Å². The maximum Gasteiger partial charge on any atom is 0.303 e. The molecule has 0 N–H and O–H groups in total. The van der Waals surface area contributed by atoms with E-state index < -0.39 is 0 Å². The quantitative estimate of drug-likeness (QED) is 0.375. The lowest BCUT2D eigenvalue weighted by atomic mass is 10.0. The summed E-state index contributed by atoms with van der Waals surface area (Å²) in [6, 6.07) is 0. The summed E-state index contributed by atoms with van der Waals surface area (Å²) in [7, 11) is 0. The fourth-order valence-electron chi connectivity index (χ4n) is 0.473. The smallest absolute Gasteiger partial charge is 0.303 e. The van der Waals surface area contributed by atoms with Crippen molar-refractivity contribution in [2.45, 2.75) is 27.7 Å². The molecule has 0 heterocycles. The first-order valence-corrected chi connectivity index (χ1v) is 4.78. The molecule has 0 saturated carbocycles. The summed E-state index contributed by atoms with van der Waals surface area (Å²) in [5.74, 6) is 1.29. The maximum absolute atomic E-state index is 10.3. The van der Waals surface area contributed by atoms with E-state index in [0.29, 0.717) is 11.4 Å². The highest BCUT2D eigenvalue weighted by Gasteiger charge is 2.09. The first-order valence-electron chi connectivity index (χ1n) is 3.63. The van der Waals surface area contributed by atoms with Crippen LogP contribution in [0.15, 0.2) is 0 Å². The Morgan fingerprint density at radius 2 is 2.00 bits per heavy atom. The third-order valence-corrected chi connectivity index (χ3v) is 2.24. The number of carbonyl (C=O) groups excluding carboxylic acids is 1. The minimum Gasteiger partial charge on any atom is -0.455 e. The number of rotatable bonds is 3. The highest BCUT2D eigenvalue weighted by atomic mass is 32.2. The Morgan fingerprint density at radius 3 is 2.36 bits per heavy atom. The second kappa shape index (κ2) is 4.65. The Labute approximate surface area is 72.7 Å². The molecule has 0 rings (SSSR count). The van der Waals surface area contributed by atoms with Gasteiger partial charge in [0.15, 0.2) is 0 Å². The zero-order valence-corrected chi connectivity index (χ0v) is 8.46. The van der Waals surface area contributed by atoms with Gasteiger partial charge in [-0.25, -0.2) is 0 Å². The molecule has 0 spiro atoms. The summed E-state index contributed by atoms with van der Waals surface area (Å²) >= 11 is 1.65. The molecule has 0 atom stereocenters. The Hall–Kier alpha value is -0.180. The van der Waals surface area contributed by atoms with Gasteiger partial charge in [-0.1, -0.05) is 20.8 Å². The van der Waals surface area contributed by atoms with E-state index >= 15 is 0 Å². The van der Waals surface area contributed by atoms with Gasteiger partial charge in [0.1, 0.15) is 5.94 Å². The molecule has 0 amide bonds. The molecule has 0 aliphatic carbocycles. The predicted octanol–water partition coefficient (Wildman–Crippen LogP) is 2.29. The van der Waals surface area contributed by atoms with Crippen LogP contribution in [0.1, 0.15) is 27.7 Å². The molecule has 0 aromatic rings. The molecule has 0 aliphatic heterocycles. The SMILES string of the molecule is CC(=O)OCSCC(C)(C)C. The summed E-state index contributed by atoms with van der Waals surface area (Å²) in [6.07, 6.45) is 0. The van der Waals surface area contributed by atoms with Gasteiger partial charge < -0.3 is 4.74 Å². The molecule has 66 valence electrons. The van der Waals surface area contributed by atoms with Crippen LogP contribution >= 0.6 is 11.8 Å². The number of thioether (sulfide) groups is 1. The molecule has 0 bridgehead atoms. The van der Waals surface area contributed by atoms with E-state index in [4.69, 9.17) is 4.74 Å². The minimum absolute atomic E-state index is 0.202. The maximum atomic E-state index is 10.3. The Balaban J connectivity index is 3.22. The summed E-state index contributed by atoms with van der Waals surface area (Å²) in [5.41, 5.74) is 0.310. The second-order valence-corrected chi connectivity index (χ2v) is 4.60. The van der Waals surface area contributed by atoms with Crippen molar-refractivity contribution in [1.82, 2.24) is 0 Å². The van der Waals surface area contributed by atoms with Crippen molar-refractivity contribution in [1.29, 1.82) is 0 Å². The van der Waals surface area contributed by atoms with E-state index in [0.717, 1.165) is 5.75 Å². The normalized spacial score (nSPS) is 11.3. The highest BCUT2D eigenvalue weighted by Crippen LogP contribution is 2.19. The second-order valence-electron chi connectivity index (χ2n) is 3.66. The molecular weight excluding hydrogens is 160 g/mol. The van der Waals surface area contributed by atoms with Crippen LogP contribution < -0.4 is 0 Å². The molecule has 0 saturated heterocycles. The summed E-state index contributed by atoms with van der Waals surface area (Å²) < 4.78 is 4.76. The predicted molar refractivity (Wildman–Crippen MR) is 48.5 cm³/mol. The number of ether oxygens (including phenoxy) is 1. The third-order valence-electron chi connectivity index (χ3n) is 0.881. The molecule has 2 nitrogen and oxygen atoms in total. The number of esters is 1. The minimum atomic E-state index is -0.202. The van der Waals surface area contributed by atoms with E-state index in [1.165, 1.54) is 6.92 Å². The van der Waals surface area contributed by atoms with Crippen LogP contribution in [0, 0.1) is 5.41 Å². The van der Waals surface area contributed by atoms with Crippen molar-refractivity contribution >= 4 is 17.7 Å². The van der Waals surface area contributed by atoms with Crippen molar-refractivity contribution in [2.75, 3.05) is 11.7 Å². The Bertz CT molecular complexity index is 127. The molecule has 0 radical (unpaired) electrons. The number of hydrogen-bond acceptors (Lipinski definition) is 3. The lowest BCUT2D eigenvalue weighted by Crippen LogP contribution is -2.09. The van der Waals surface area contributed by atoms with Crippen LogP contribution in [0.3, 0.4) is 0 Å². The highest BCUT2D eigenvalue weighted by molar-refractivity contribution is 7.99. The molecule has 0 fully saturated rings. The molecular formula is C8H16O2S. The molecule has 0 aliphatic rings. The first-order chi connectivity index (χ1) is 4.92. The summed E-state index contributed by atoms with van der Waals surface area (Å²) in [6.45, 7) is 7.91. The number of hydrogen-bond donors (Lipinski definition) is 0. The summed E-state index contributed by atoms with van der Waals surface area (Å²) in [5, 5.41) is 0. The fraction of sp³-hybridized carbons (Fsp3) is 0.875. The van der Waals surface area contributed by atoms with Crippen LogP contribution in [0.4, 0.5) is 0 Å². The van der Waals surface area contributed by atoms with E-state index in [2.05, 4.69) is 20.8 Å². The van der Waals surface area contributed by atoms with Crippen molar-refractivity contribution in [3.8, 4) is 0 Å². The lowest BCUT2D eigenvalue weighted by Gasteiger charge is -2.16. The van der Waals surface area contributed by atoms with Gasteiger partial charge >= 0.3 is 5.97 Å². The molecule has 0 unspecified atom stereocenters. The fourth-order valence-corrected chi connectivity index (χ4v) is 1.42. The zero-order valence-electron chi connectivity index (χ0n) is 7.64. The van der Waals surface area contributed by atoms with Crippen LogP contribution in [-0.2, 0) is 9.53 Å². The molecule has 0 aromatic heterocycles.